The van der Waals surface area contributed by atoms with Gasteiger partial charge >= 0.3 is 11.9 Å². The summed E-state index contributed by atoms with van der Waals surface area (Å²) in [5, 5.41) is 0. The van der Waals surface area contributed by atoms with Gasteiger partial charge in [-0.05, 0) is 12.8 Å². The van der Waals surface area contributed by atoms with E-state index in [1.807, 2.05) is 0 Å². The number of unbranched alkanes of at least 4 members (excludes halogenated alkanes) is 3. The summed E-state index contributed by atoms with van der Waals surface area (Å²) in [6, 6.07) is 0. The molecule has 0 radical (unpaired) electrons. The van der Waals surface area contributed by atoms with Crippen molar-refractivity contribution < 1.29 is 28.0 Å². The van der Waals surface area contributed by atoms with Crippen molar-refractivity contribution in [3.8, 4) is 0 Å². The summed E-state index contributed by atoms with van der Waals surface area (Å²) in [5.41, 5.74) is 0. The number of rotatable bonds is 14. The SMILES string of the molecule is C[N+](C)(C)CCCOC(=O)CCCCCCC(=O)OCC[N+](C)(C)C. The van der Waals surface area contributed by atoms with Crippen molar-refractivity contribution in [1.82, 2.24) is 0 Å². The van der Waals surface area contributed by atoms with Crippen LogP contribution >= 0.6 is 0 Å². The third kappa shape index (κ3) is 19.0. The minimum atomic E-state index is -0.120. The van der Waals surface area contributed by atoms with Crippen LogP contribution in [0.2, 0.25) is 0 Å². The number of likely N-dealkylation sites (N-methyl/N-ethyl adjacent to an activating group) is 1. The smallest absolute Gasteiger partial charge is 0.305 e. The van der Waals surface area contributed by atoms with Crippen molar-refractivity contribution >= 4 is 11.9 Å². The first-order chi connectivity index (χ1) is 11.5. The van der Waals surface area contributed by atoms with Crippen molar-refractivity contribution in [2.75, 3.05) is 68.6 Å². The molecule has 6 heteroatoms. The van der Waals surface area contributed by atoms with Crippen LogP contribution in [0.1, 0.15) is 44.9 Å². The Balaban J connectivity index is 3.45. The number of carbonyl (C=O) groups excluding carboxylic acids is 2. The van der Waals surface area contributed by atoms with Crippen molar-refractivity contribution in [2.45, 2.75) is 44.9 Å². The molecule has 0 amide bonds. The van der Waals surface area contributed by atoms with Crippen molar-refractivity contribution in [1.29, 1.82) is 0 Å². The molecule has 0 fully saturated rings. The molecule has 0 aromatic rings. The highest BCUT2D eigenvalue weighted by molar-refractivity contribution is 5.69. The van der Waals surface area contributed by atoms with Gasteiger partial charge in [0.2, 0.25) is 0 Å². The molecule has 0 bridgehead atoms. The van der Waals surface area contributed by atoms with Gasteiger partial charge in [0.25, 0.3) is 0 Å². The van der Waals surface area contributed by atoms with E-state index in [0.29, 0.717) is 26.1 Å². The number of hydrogen-bond donors (Lipinski definition) is 0. The Bertz CT molecular complexity index is 384. The Kier molecular flexibility index (Phi) is 11.7. The molecule has 0 aliphatic heterocycles. The monoisotopic (exact) mass is 360 g/mol. The van der Waals surface area contributed by atoms with E-state index < -0.39 is 0 Å². The van der Waals surface area contributed by atoms with Gasteiger partial charge in [0, 0.05) is 19.3 Å². The van der Waals surface area contributed by atoms with Crippen LogP contribution in [0, 0.1) is 0 Å². The minimum Gasteiger partial charge on any atom is -0.465 e. The second-order valence-electron chi connectivity index (χ2n) is 8.74. The molecule has 0 saturated carbocycles. The first-order valence-corrected chi connectivity index (χ1v) is 9.42. The van der Waals surface area contributed by atoms with E-state index in [1.54, 1.807) is 0 Å². The quantitative estimate of drug-likeness (QED) is 0.271. The van der Waals surface area contributed by atoms with Crippen molar-refractivity contribution in [3.63, 3.8) is 0 Å². The van der Waals surface area contributed by atoms with Gasteiger partial charge in [-0.15, -0.1) is 0 Å². The fourth-order valence-corrected chi connectivity index (χ4v) is 2.19. The molecule has 0 aromatic heterocycles. The van der Waals surface area contributed by atoms with Crippen LogP contribution in [0.25, 0.3) is 0 Å². The standard InChI is InChI=1S/C19H40N2O4/c1-20(2,3)14-11-16-24-18(22)12-9-7-8-10-13-19(23)25-17-15-21(4,5)6/h7-17H2,1-6H3/q+2. The van der Waals surface area contributed by atoms with Gasteiger partial charge in [-0.2, -0.15) is 0 Å². The first kappa shape index (κ1) is 23.9. The van der Waals surface area contributed by atoms with Gasteiger partial charge in [0.1, 0.15) is 13.2 Å². The molecule has 0 N–H and O–H groups in total. The number of hydrogen-bond acceptors (Lipinski definition) is 4. The lowest BCUT2D eigenvalue weighted by Gasteiger charge is -2.23. The zero-order chi connectivity index (χ0) is 19.3. The summed E-state index contributed by atoms with van der Waals surface area (Å²) in [5.74, 6) is -0.230. The molecule has 0 heterocycles. The lowest BCUT2D eigenvalue weighted by atomic mass is 10.1. The molecule has 0 unspecified atom stereocenters. The number of carbonyl (C=O) groups is 2. The van der Waals surface area contributed by atoms with E-state index in [2.05, 4.69) is 42.3 Å². The summed E-state index contributed by atoms with van der Waals surface area (Å²) in [6.07, 6.45) is 5.36. The van der Waals surface area contributed by atoms with Crippen LogP contribution in [-0.4, -0.2) is 89.5 Å². The highest BCUT2D eigenvalue weighted by Crippen LogP contribution is 2.07. The zero-order valence-electron chi connectivity index (χ0n) is 17.3. The van der Waals surface area contributed by atoms with Crippen molar-refractivity contribution in [2.24, 2.45) is 0 Å². The van der Waals surface area contributed by atoms with Crippen LogP contribution < -0.4 is 0 Å². The lowest BCUT2D eigenvalue weighted by molar-refractivity contribution is -0.870. The second-order valence-corrected chi connectivity index (χ2v) is 8.74. The van der Waals surface area contributed by atoms with E-state index in [0.717, 1.165) is 54.2 Å². The molecule has 0 atom stereocenters. The molecule has 0 spiro atoms. The molecule has 148 valence electrons. The maximum atomic E-state index is 11.6. The van der Waals surface area contributed by atoms with Crippen LogP contribution in [0.4, 0.5) is 0 Å². The van der Waals surface area contributed by atoms with Crippen LogP contribution in [0.5, 0.6) is 0 Å². The normalized spacial score (nSPS) is 12.1. The molecule has 0 rings (SSSR count). The van der Waals surface area contributed by atoms with Crippen LogP contribution in [0.15, 0.2) is 0 Å². The summed E-state index contributed by atoms with van der Waals surface area (Å²) in [4.78, 5) is 23.2. The maximum Gasteiger partial charge on any atom is 0.305 e. The number of esters is 2. The topological polar surface area (TPSA) is 52.6 Å². The van der Waals surface area contributed by atoms with Gasteiger partial charge in [-0.25, -0.2) is 0 Å². The van der Waals surface area contributed by atoms with E-state index in [4.69, 9.17) is 9.47 Å². The Morgan fingerprint density at radius 3 is 1.48 bits per heavy atom. The molecule has 0 aromatic carbocycles. The fourth-order valence-electron chi connectivity index (χ4n) is 2.19. The zero-order valence-corrected chi connectivity index (χ0v) is 17.3. The summed E-state index contributed by atoms with van der Waals surface area (Å²) in [7, 11) is 12.6. The number of quaternary nitrogens is 2. The maximum absolute atomic E-state index is 11.6. The van der Waals surface area contributed by atoms with E-state index in [-0.39, 0.29) is 11.9 Å². The average Bonchev–Trinajstić information content (AvgIpc) is 2.45. The minimum absolute atomic E-state index is 0.110. The Morgan fingerprint density at radius 2 is 1.04 bits per heavy atom. The Labute approximate surface area is 154 Å². The number of nitrogens with zero attached hydrogens (tertiary/aromatic N) is 2. The summed E-state index contributed by atoms with van der Waals surface area (Å²) < 4.78 is 12.1. The van der Waals surface area contributed by atoms with E-state index in [9.17, 15) is 9.59 Å². The Hall–Kier alpha value is -1.14. The third-order valence-corrected chi connectivity index (χ3v) is 3.77. The van der Waals surface area contributed by atoms with Gasteiger partial charge < -0.3 is 18.4 Å². The summed E-state index contributed by atoms with van der Waals surface area (Å²) in [6.45, 7) is 2.80. The first-order valence-electron chi connectivity index (χ1n) is 9.42. The third-order valence-electron chi connectivity index (χ3n) is 3.77. The van der Waals surface area contributed by atoms with Gasteiger partial charge in [-0.3, -0.25) is 9.59 Å². The molecular formula is C19H40N2O4+2. The molecule has 0 saturated heterocycles. The summed E-state index contributed by atoms with van der Waals surface area (Å²) >= 11 is 0. The van der Waals surface area contributed by atoms with Crippen molar-refractivity contribution in [3.05, 3.63) is 0 Å². The van der Waals surface area contributed by atoms with Crippen LogP contribution in [-0.2, 0) is 19.1 Å². The molecular weight excluding hydrogens is 320 g/mol. The van der Waals surface area contributed by atoms with Gasteiger partial charge in [0.15, 0.2) is 0 Å². The lowest BCUT2D eigenvalue weighted by Crippen LogP contribution is -2.37. The predicted octanol–water partition coefficient (Wildman–Crippen LogP) is 2.22. The molecule has 0 aliphatic carbocycles. The highest BCUT2D eigenvalue weighted by atomic mass is 16.5. The van der Waals surface area contributed by atoms with Gasteiger partial charge in [-0.1, -0.05) is 12.8 Å². The predicted molar refractivity (Wildman–Crippen MR) is 100 cm³/mol. The van der Waals surface area contributed by atoms with E-state index >= 15 is 0 Å². The largest absolute Gasteiger partial charge is 0.465 e. The van der Waals surface area contributed by atoms with Gasteiger partial charge in [0.05, 0.1) is 55.4 Å². The van der Waals surface area contributed by atoms with E-state index in [1.165, 1.54) is 0 Å². The molecule has 25 heavy (non-hydrogen) atoms. The Morgan fingerprint density at radius 1 is 0.600 bits per heavy atom. The average molecular weight is 361 g/mol. The fraction of sp³-hybridized carbons (Fsp3) is 0.895. The number of ether oxygens (including phenoxy) is 2. The molecule has 6 nitrogen and oxygen atoms in total. The highest BCUT2D eigenvalue weighted by Gasteiger charge is 2.10. The molecule has 0 aliphatic rings. The second kappa shape index (κ2) is 12.3. The van der Waals surface area contributed by atoms with Crippen LogP contribution in [0.3, 0.4) is 0 Å².